The lowest BCUT2D eigenvalue weighted by Crippen LogP contribution is -2.40. The Morgan fingerprint density at radius 1 is 0.500 bits per heavy atom. The van der Waals surface area contributed by atoms with E-state index in [1.165, 1.54) is 77.0 Å². The summed E-state index contributed by atoms with van der Waals surface area (Å²) in [6, 6.07) is 0. The van der Waals surface area contributed by atoms with Gasteiger partial charge in [-0.25, -0.2) is 4.79 Å². The van der Waals surface area contributed by atoms with Gasteiger partial charge in [-0.2, -0.15) is 0 Å². The lowest BCUT2D eigenvalue weighted by molar-refractivity contribution is -0.169. The third kappa shape index (κ3) is 35.0. The molecule has 0 spiro atoms. The maximum atomic E-state index is 13.3. The van der Waals surface area contributed by atoms with Crippen LogP contribution in [0.25, 0.3) is 0 Å². The lowest BCUT2D eigenvalue weighted by Gasteiger charge is -2.33. The molecule has 62 heavy (non-hydrogen) atoms. The lowest BCUT2D eigenvalue weighted by atomic mass is 9.92. The van der Waals surface area contributed by atoms with Crippen molar-refractivity contribution in [1.82, 2.24) is 4.90 Å². The molecule has 0 amide bonds. The average Bonchev–Trinajstić information content (AvgIpc) is 3.25. The molecule has 3 atom stereocenters. The molecule has 362 valence electrons. The van der Waals surface area contributed by atoms with Crippen LogP contribution in [0.3, 0.4) is 0 Å². The second-order valence-electron chi connectivity index (χ2n) is 17.4. The van der Waals surface area contributed by atoms with Crippen molar-refractivity contribution in [1.29, 1.82) is 0 Å². The minimum atomic E-state index is -0.746. The molecule has 1 saturated carbocycles. The van der Waals surface area contributed by atoms with E-state index in [2.05, 4.69) is 63.8 Å². The Labute approximate surface area is 380 Å². The summed E-state index contributed by atoms with van der Waals surface area (Å²) >= 11 is 0. The average molecular weight is 878 g/mol. The second kappa shape index (κ2) is 42.5. The quantitative estimate of drug-likeness (QED) is 0.0193. The van der Waals surface area contributed by atoms with Crippen LogP contribution in [0.1, 0.15) is 227 Å². The van der Waals surface area contributed by atoms with Crippen LogP contribution >= 0.6 is 0 Å². The summed E-state index contributed by atoms with van der Waals surface area (Å²) in [6.07, 6.45) is 35.2. The normalized spacial score (nSPS) is 16.8. The monoisotopic (exact) mass is 878 g/mol. The van der Waals surface area contributed by atoms with Crippen molar-refractivity contribution < 1.29 is 42.8 Å². The largest absolute Gasteiger partial charge is 0.508 e. The maximum absolute atomic E-state index is 13.3. The molecule has 0 heterocycles. The number of hydrogen-bond donors (Lipinski definition) is 0. The molecule has 0 aromatic heterocycles. The molecule has 10 nitrogen and oxygen atoms in total. The Hall–Kier alpha value is -2.43. The van der Waals surface area contributed by atoms with Crippen LogP contribution in [0, 0.1) is 0 Å². The summed E-state index contributed by atoms with van der Waals surface area (Å²) in [4.78, 5) is 41.3. The van der Waals surface area contributed by atoms with Gasteiger partial charge in [-0.1, -0.05) is 155 Å². The third-order valence-corrected chi connectivity index (χ3v) is 11.7. The van der Waals surface area contributed by atoms with Gasteiger partial charge in [0.15, 0.2) is 6.29 Å². The summed E-state index contributed by atoms with van der Waals surface area (Å²) < 4.78 is 35.3. The van der Waals surface area contributed by atoms with Gasteiger partial charge in [0.05, 0.1) is 13.0 Å². The third-order valence-electron chi connectivity index (χ3n) is 11.7. The predicted molar refractivity (Wildman–Crippen MR) is 253 cm³/mol. The summed E-state index contributed by atoms with van der Waals surface area (Å²) in [5.41, 5.74) is 0. The van der Waals surface area contributed by atoms with Crippen LogP contribution in [0.2, 0.25) is 0 Å². The van der Waals surface area contributed by atoms with Crippen LogP contribution in [-0.4, -0.2) is 87.1 Å². The summed E-state index contributed by atoms with van der Waals surface area (Å²) in [5, 5.41) is 0. The topological polar surface area (TPSA) is 110 Å². The van der Waals surface area contributed by atoms with Crippen LogP contribution in [0.5, 0.6) is 0 Å². The first kappa shape index (κ1) is 57.6. The van der Waals surface area contributed by atoms with Crippen molar-refractivity contribution in [2.24, 2.45) is 0 Å². The van der Waals surface area contributed by atoms with Crippen LogP contribution in [0.15, 0.2) is 24.3 Å². The number of esters is 2. The standard InChI is InChI=1S/C52H95NO9/c1-6-11-14-17-20-21-22-23-24-25-26-27-28-29-32-36-49(54)60-46-43-47(45-48(44-46)62-52(56)59-42-35-39-53(9-4)10-5)61-50(55)37-38-51(57-40-33-30-18-15-12-7-2)58-41-34-31-19-16-13-8-3/h20-21,23-24,46-48,51H,6-19,22,25-45H2,1-5H3/b21-20-,24-23-. The van der Waals surface area contributed by atoms with Gasteiger partial charge in [0.25, 0.3) is 0 Å². The van der Waals surface area contributed by atoms with Gasteiger partial charge in [0.2, 0.25) is 0 Å². The molecule has 3 unspecified atom stereocenters. The van der Waals surface area contributed by atoms with Crippen LogP contribution in [-0.2, 0) is 38.0 Å². The molecular formula is C52H95NO9. The molecule has 1 rings (SSSR count). The Morgan fingerprint density at radius 2 is 0.952 bits per heavy atom. The molecule has 0 aromatic rings. The Bertz CT molecular complexity index is 1090. The fraction of sp³-hybridized carbons (Fsp3) is 0.865. The zero-order valence-electron chi connectivity index (χ0n) is 40.7. The molecule has 1 aliphatic carbocycles. The molecule has 1 aliphatic rings. The molecular weight excluding hydrogens is 783 g/mol. The van der Waals surface area contributed by atoms with Crippen molar-refractivity contribution >= 4 is 18.1 Å². The van der Waals surface area contributed by atoms with E-state index >= 15 is 0 Å². The SMILES string of the molecule is CCCCC/C=C\C/C=C\CCCCCCCC(=O)OC1CC(OC(=O)CCC(OCCCCCCCC)OCCCCCCCC)CC(OC(=O)OCCCN(CC)CC)C1. The molecule has 10 heteroatoms. The summed E-state index contributed by atoms with van der Waals surface area (Å²) in [6.45, 7) is 15.1. The summed E-state index contributed by atoms with van der Waals surface area (Å²) in [5.74, 6) is -0.626. The fourth-order valence-corrected chi connectivity index (χ4v) is 7.83. The molecule has 1 fully saturated rings. The van der Waals surface area contributed by atoms with Crippen LogP contribution < -0.4 is 0 Å². The van der Waals surface area contributed by atoms with E-state index in [1.54, 1.807) is 0 Å². The van der Waals surface area contributed by atoms with E-state index in [-0.39, 0.29) is 25.0 Å². The van der Waals surface area contributed by atoms with Crippen LogP contribution in [0.4, 0.5) is 4.79 Å². The Kier molecular flexibility index (Phi) is 39.5. The minimum absolute atomic E-state index is 0.144. The van der Waals surface area contributed by atoms with Crippen molar-refractivity contribution in [3.05, 3.63) is 24.3 Å². The Morgan fingerprint density at radius 3 is 1.50 bits per heavy atom. The molecule has 0 aromatic carbocycles. The number of ether oxygens (including phenoxy) is 6. The van der Waals surface area contributed by atoms with Gasteiger partial charge < -0.3 is 33.3 Å². The second-order valence-corrected chi connectivity index (χ2v) is 17.4. The van der Waals surface area contributed by atoms with Gasteiger partial charge >= 0.3 is 18.1 Å². The van der Waals surface area contributed by atoms with Crippen molar-refractivity contribution in [2.45, 2.75) is 252 Å². The number of allylic oxidation sites excluding steroid dienone is 4. The number of rotatable bonds is 42. The molecule has 0 N–H and O–H groups in total. The number of hydrogen-bond acceptors (Lipinski definition) is 10. The van der Waals surface area contributed by atoms with E-state index in [0.717, 1.165) is 90.3 Å². The van der Waals surface area contributed by atoms with E-state index in [0.29, 0.717) is 51.7 Å². The number of carbonyl (C=O) groups is 3. The highest BCUT2D eigenvalue weighted by Crippen LogP contribution is 2.28. The highest BCUT2D eigenvalue weighted by atomic mass is 16.7. The van der Waals surface area contributed by atoms with Crippen molar-refractivity contribution in [3.63, 3.8) is 0 Å². The maximum Gasteiger partial charge on any atom is 0.508 e. The van der Waals surface area contributed by atoms with Crippen molar-refractivity contribution in [2.75, 3.05) is 39.5 Å². The first-order valence-corrected chi connectivity index (χ1v) is 25.8. The molecule has 0 saturated heterocycles. The van der Waals surface area contributed by atoms with Gasteiger partial charge in [-0.15, -0.1) is 0 Å². The first-order chi connectivity index (χ1) is 30.3. The predicted octanol–water partition coefficient (Wildman–Crippen LogP) is 13.9. The molecule has 0 radical (unpaired) electrons. The van der Waals surface area contributed by atoms with Gasteiger partial charge in [-0.3, -0.25) is 9.59 Å². The van der Waals surface area contributed by atoms with Crippen molar-refractivity contribution in [3.8, 4) is 0 Å². The summed E-state index contributed by atoms with van der Waals surface area (Å²) in [7, 11) is 0. The van der Waals surface area contributed by atoms with E-state index < -0.39 is 30.8 Å². The zero-order valence-corrected chi connectivity index (χ0v) is 40.7. The van der Waals surface area contributed by atoms with Gasteiger partial charge in [-0.05, 0) is 70.9 Å². The van der Waals surface area contributed by atoms with Gasteiger partial charge in [0, 0.05) is 51.9 Å². The highest BCUT2D eigenvalue weighted by Gasteiger charge is 2.36. The van der Waals surface area contributed by atoms with Gasteiger partial charge in [0.1, 0.15) is 18.3 Å². The number of unbranched alkanes of at least 4 members (excludes halogenated alkanes) is 18. The van der Waals surface area contributed by atoms with E-state index in [9.17, 15) is 14.4 Å². The van der Waals surface area contributed by atoms with E-state index in [1.807, 2.05) is 0 Å². The minimum Gasteiger partial charge on any atom is -0.462 e. The molecule has 0 bridgehead atoms. The molecule has 0 aliphatic heterocycles. The highest BCUT2D eigenvalue weighted by molar-refractivity contribution is 5.70. The fourth-order valence-electron chi connectivity index (χ4n) is 7.83. The Balaban J connectivity index is 2.66. The number of carbonyl (C=O) groups excluding carboxylic acids is 3. The smallest absolute Gasteiger partial charge is 0.462 e. The van der Waals surface area contributed by atoms with E-state index in [4.69, 9.17) is 28.4 Å². The zero-order chi connectivity index (χ0) is 45.1. The first-order valence-electron chi connectivity index (χ1n) is 25.8. The number of nitrogens with zero attached hydrogens (tertiary/aromatic N) is 1.